The van der Waals surface area contributed by atoms with E-state index in [0.29, 0.717) is 18.7 Å². The highest BCUT2D eigenvalue weighted by Gasteiger charge is 2.08. The van der Waals surface area contributed by atoms with Crippen LogP contribution in [0.25, 0.3) is 5.69 Å². The van der Waals surface area contributed by atoms with Crippen LogP contribution in [0.3, 0.4) is 0 Å². The van der Waals surface area contributed by atoms with E-state index < -0.39 is 0 Å². The first-order valence-electron chi connectivity index (χ1n) is 10.5. The van der Waals surface area contributed by atoms with E-state index in [1.807, 2.05) is 78.6 Å². The van der Waals surface area contributed by atoms with Crippen LogP contribution in [0, 0.1) is 0 Å². The van der Waals surface area contributed by atoms with Gasteiger partial charge in [-0.15, -0.1) is 0 Å². The summed E-state index contributed by atoms with van der Waals surface area (Å²) >= 11 is 0. The molecule has 1 amide bonds. The van der Waals surface area contributed by atoms with Gasteiger partial charge in [-0.3, -0.25) is 4.79 Å². The quantitative estimate of drug-likeness (QED) is 0.436. The maximum Gasteiger partial charge on any atom is 0.253 e. The number of benzene rings is 2. The van der Waals surface area contributed by atoms with Crippen LogP contribution in [0.2, 0.25) is 0 Å². The summed E-state index contributed by atoms with van der Waals surface area (Å²) < 4.78 is 1.85. The summed E-state index contributed by atoms with van der Waals surface area (Å²) in [5.41, 5.74) is 3.88. The van der Waals surface area contributed by atoms with Crippen molar-refractivity contribution in [1.29, 1.82) is 0 Å². The molecule has 0 fully saturated rings. The molecule has 0 aliphatic rings. The van der Waals surface area contributed by atoms with Crippen molar-refractivity contribution in [2.45, 2.75) is 19.9 Å². The molecular weight excluding hydrogens is 388 g/mol. The van der Waals surface area contributed by atoms with E-state index in [-0.39, 0.29) is 5.91 Å². The Morgan fingerprint density at radius 2 is 1.87 bits per heavy atom. The highest BCUT2D eigenvalue weighted by molar-refractivity contribution is 5.94. The Labute approximate surface area is 183 Å². The predicted octanol–water partition coefficient (Wildman–Crippen LogP) is 2.87. The molecule has 0 spiro atoms. The number of amides is 1. The molecular formula is C24H30N6O. The first-order valence-corrected chi connectivity index (χ1v) is 10.5. The fraction of sp³-hybridized carbons (Fsp3) is 0.292. The Kier molecular flexibility index (Phi) is 7.81. The van der Waals surface area contributed by atoms with Crippen LogP contribution in [0.5, 0.6) is 0 Å². The Hall–Kier alpha value is -3.61. The van der Waals surface area contributed by atoms with Crippen molar-refractivity contribution >= 4 is 11.9 Å². The lowest BCUT2D eigenvalue weighted by atomic mass is 10.1. The molecule has 0 atom stereocenters. The SMILES string of the molecule is CCNC(=NCc1cnn(-c2ccccc2)c1)NCCc1cccc(C(=O)N(C)C)c1. The number of aromatic nitrogens is 2. The topological polar surface area (TPSA) is 74.5 Å². The molecule has 3 aromatic rings. The van der Waals surface area contributed by atoms with E-state index in [0.717, 1.165) is 35.7 Å². The van der Waals surface area contributed by atoms with Crippen LogP contribution < -0.4 is 10.6 Å². The summed E-state index contributed by atoms with van der Waals surface area (Å²) in [5.74, 6) is 0.774. The minimum absolute atomic E-state index is 0.0146. The van der Waals surface area contributed by atoms with Crippen molar-refractivity contribution in [1.82, 2.24) is 25.3 Å². The van der Waals surface area contributed by atoms with Gasteiger partial charge in [-0.25, -0.2) is 9.67 Å². The summed E-state index contributed by atoms with van der Waals surface area (Å²) in [7, 11) is 3.53. The second-order valence-electron chi connectivity index (χ2n) is 7.40. The zero-order chi connectivity index (χ0) is 22.1. The number of rotatable bonds is 8. The largest absolute Gasteiger partial charge is 0.357 e. The molecule has 162 valence electrons. The standard InChI is InChI=1S/C24H30N6O/c1-4-25-24(26-14-13-19-9-8-10-21(15-19)23(31)29(2)3)27-16-20-17-28-30(18-20)22-11-6-5-7-12-22/h5-12,15,17-18H,4,13-14,16H2,1-3H3,(H2,25,26,27). The van der Waals surface area contributed by atoms with E-state index >= 15 is 0 Å². The molecule has 0 bridgehead atoms. The summed E-state index contributed by atoms with van der Waals surface area (Å²) in [6.07, 6.45) is 4.63. The molecule has 0 unspecified atom stereocenters. The van der Waals surface area contributed by atoms with E-state index in [1.54, 1.807) is 19.0 Å². The van der Waals surface area contributed by atoms with Crippen LogP contribution in [0.15, 0.2) is 72.0 Å². The van der Waals surface area contributed by atoms with E-state index in [4.69, 9.17) is 0 Å². The van der Waals surface area contributed by atoms with Crippen molar-refractivity contribution in [3.63, 3.8) is 0 Å². The molecule has 2 aromatic carbocycles. The monoisotopic (exact) mass is 418 g/mol. The number of carbonyl (C=O) groups excluding carboxylic acids is 1. The van der Waals surface area contributed by atoms with E-state index in [9.17, 15) is 4.79 Å². The highest BCUT2D eigenvalue weighted by atomic mass is 16.2. The lowest BCUT2D eigenvalue weighted by Gasteiger charge is -2.13. The van der Waals surface area contributed by atoms with Gasteiger partial charge in [-0.05, 0) is 43.2 Å². The molecule has 7 nitrogen and oxygen atoms in total. The normalized spacial score (nSPS) is 11.3. The van der Waals surface area contributed by atoms with Crippen molar-refractivity contribution in [2.24, 2.45) is 4.99 Å². The van der Waals surface area contributed by atoms with Crippen molar-refractivity contribution in [3.05, 3.63) is 83.7 Å². The van der Waals surface area contributed by atoms with Gasteiger partial charge >= 0.3 is 0 Å². The lowest BCUT2D eigenvalue weighted by molar-refractivity contribution is 0.0827. The minimum atomic E-state index is 0.0146. The summed E-state index contributed by atoms with van der Waals surface area (Å²) in [5, 5.41) is 11.1. The van der Waals surface area contributed by atoms with Gasteiger partial charge in [0.2, 0.25) is 0 Å². The number of carbonyl (C=O) groups is 1. The summed E-state index contributed by atoms with van der Waals surface area (Å²) in [4.78, 5) is 18.4. The first-order chi connectivity index (χ1) is 15.1. The zero-order valence-corrected chi connectivity index (χ0v) is 18.4. The van der Waals surface area contributed by atoms with Gasteiger partial charge in [-0.1, -0.05) is 30.3 Å². The lowest BCUT2D eigenvalue weighted by Crippen LogP contribution is -2.38. The smallest absolute Gasteiger partial charge is 0.253 e. The second kappa shape index (κ2) is 11.0. The fourth-order valence-corrected chi connectivity index (χ4v) is 3.12. The molecule has 1 heterocycles. The van der Waals surface area contributed by atoms with Crippen LogP contribution in [0.1, 0.15) is 28.4 Å². The second-order valence-corrected chi connectivity index (χ2v) is 7.40. The minimum Gasteiger partial charge on any atom is -0.357 e. The first kappa shape index (κ1) is 22.1. The van der Waals surface area contributed by atoms with E-state index in [2.05, 4.69) is 20.7 Å². The molecule has 7 heteroatoms. The zero-order valence-electron chi connectivity index (χ0n) is 18.4. The van der Waals surface area contributed by atoms with Crippen LogP contribution in [-0.4, -0.2) is 53.7 Å². The number of nitrogens with zero attached hydrogens (tertiary/aromatic N) is 4. The number of guanidine groups is 1. The van der Waals surface area contributed by atoms with Crippen molar-refractivity contribution in [2.75, 3.05) is 27.2 Å². The Bertz CT molecular complexity index is 1010. The number of para-hydroxylation sites is 1. The van der Waals surface area contributed by atoms with Crippen molar-refractivity contribution in [3.8, 4) is 5.69 Å². The number of nitrogens with one attached hydrogen (secondary N) is 2. The third-order valence-corrected chi connectivity index (χ3v) is 4.71. The molecule has 0 saturated heterocycles. The third-order valence-electron chi connectivity index (χ3n) is 4.71. The number of aliphatic imine (C=N–C) groups is 1. The van der Waals surface area contributed by atoms with Gasteiger partial charge in [-0.2, -0.15) is 5.10 Å². The maximum absolute atomic E-state index is 12.2. The van der Waals surface area contributed by atoms with Crippen LogP contribution in [0.4, 0.5) is 0 Å². The molecule has 0 aliphatic heterocycles. The van der Waals surface area contributed by atoms with Gasteiger partial charge < -0.3 is 15.5 Å². The summed E-state index contributed by atoms with van der Waals surface area (Å²) in [6.45, 7) is 4.08. The van der Waals surface area contributed by atoms with Gasteiger partial charge in [0.1, 0.15) is 0 Å². The average molecular weight is 419 g/mol. The molecule has 3 rings (SSSR count). The number of hydrogen-bond acceptors (Lipinski definition) is 3. The van der Waals surface area contributed by atoms with Crippen LogP contribution >= 0.6 is 0 Å². The maximum atomic E-state index is 12.2. The Balaban J connectivity index is 1.57. The number of hydrogen-bond donors (Lipinski definition) is 2. The summed E-state index contributed by atoms with van der Waals surface area (Å²) in [6, 6.07) is 17.8. The van der Waals surface area contributed by atoms with E-state index in [1.165, 1.54) is 0 Å². The van der Waals surface area contributed by atoms with Gasteiger partial charge in [0.05, 0.1) is 18.4 Å². The molecule has 0 saturated carbocycles. The predicted molar refractivity (Wildman–Crippen MR) is 125 cm³/mol. The molecule has 0 aliphatic carbocycles. The van der Waals surface area contributed by atoms with Gasteiger partial charge in [0.25, 0.3) is 5.91 Å². The van der Waals surface area contributed by atoms with Crippen LogP contribution in [-0.2, 0) is 13.0 Å². The average Bonchev–Trinajstić information content (AvgIpc) is 3.27. The highest BCUT2D eigenvalue weighted by Crippen LogP contribution is 2.09. The molecule has 31 heavy (non-hydrogen) atoms. The molecule has 0 radical (unpaired) electrons. The third kappa shape index (κ3) is 6.44. The molecule has 2 N–H and O–H groups in total. The fourth-order valence-electron chi connectivity index (χ4n) is 3.12. The molecule has 1 aromatic heterocycles. The Morgan fingerprint density at radius 3 is 2.61 bits per heavy atom. The van der Waals surface area contributed by atoms with Gasteiger partial charge in [0.15, 0.2) is 5.96 Å². The van der Waals surface area contributed by atoms with Crippen molar-refractivity contribution < 1.29 is 4.79 Å². The Morgan fingerprint density at radius 1 is 1.06 bits per heavy atom. The van der Waals surface area contributed by atoms with Gasteiger partial charge in [0, 0.05) is 44.5 Å².